The molecule has 1 unspecified atom stereocenters. The number of nitrogens with zero attached hydrogens (tertiary/aromatic N) is 2. The van der Waals surface area contributed by atoms with Crippen LogP contribution >= 0.6 is 0 Å². The van der Waals surface area contributed by atoms with E-state index in [1.165, 1.54) is 5.69 Å². The highest BCUT2D eigenvalue weighted by Crippen LogP contribution is 2.14. The number of hydrogen-bond acceptors (Lipinski definition) is 2. The summed E-state index contributed by atoms with van der Waals surface area (Å²) in [5.74, 6) is 0. The van der Waals surface area contributed by atoms with Crippen LogP contribution in [0.4, 0.5) is 0 Å². The molecule has 0 aromatic carbocycles. The molecular weight excluding hydrogens is 150 g/mol. The van der Waals surface area contributed by atoms with Gasteiger partial charge in [0.05, 0.1) is 6.20 Å². The topological polar surface area (TPSA) is 43.8 Å². The van der Waals surface area contributed by atoms with Crippen LogP contribution in [0.1, 0.15) is 37.6 Å². The lowest BCUT2D eigenvalue weighted by Gasteiger charge is -2.11. The molecule has 0 saturated heterocycles. The molecule has 0 fully saturated rings. The van der Waals surface area contributed by atoms with E-state index in [4.69, 9.17) is 5.73 Å². The molecule has 0 spiro atoms. The maximum atomic E-state index is 5.55. The van der Waals surface area contributed by atoms with E-state index in [0.29, 0.717) is 12.6 Å². The van der Waals surface area contributed by atoms with Gasteiger partial charge >= 0.3 is 0 Å². The maximum Gasteiger partial charge on any atom is 0.0537 e. The van der Waals surface area contributed by atoms with Crippen LogP contribution in [0.5, 0.6) is 0 Å². The fourth-order valence-electron chi connectivity index (χ4n) is 1.28. The Morgan fingerprint density at radius 1 is 1.67 bits per heavy atom. The average Bonchev–Trinajstić information content (AvgIpc) is 2.45. The predicted molar refractivity (Wildman–Crippen MR) is 49.9 cm³/mol. The standard InChI is InChI=1S/C9H17N3/c1-4-7(2)12-8(3)9(5-10)6-11-12/h6-7H,4-5,10H2,1-3H3. The van der Waals surface area contributed by atoms with Gasteiger partial charge in [0, 0.05) is 23.8 Å². The SMILES string of the molecule is CCC(C)n1ncc(CN)c1C. The number of nitrogens with two attached hydrogens (primary N) is 1. The lowest BCUT2D eigenvalue weighted by Crippen LogP contribution is -2.08. The Kier molecular flexibility index (Phi) is 2.87. The van der Waals surface area contributed by atoms with Gasteiger partial charge in [0.25, 0.3) is 0 Å². The van der Waals surface area contributed by atoms with Gasteiger partial charge in [-0.1, -0.05) is 6.92 Å². The summed E-state index contributed by atoms with van der Waals surface area (Å²) in [6.07, 6.45) is 2.97. The van der Waals surface area contributed by atoms with Crippen molar-refractivity contribution in [2.75, 3.05) is 0 Å². The summed E-state index contributed by atoms with van der Waals surface area (Å²) in [5.41, 5.74) is 7.90. The molecule has 0 amide bonds. The van der Waals surface area contributed by atoms with E-state index in [-0.39, 0.29) is 0 Å². The van der Waals surface area contributed by atoms with E-state index in [0.717, 1.165) is 12.0 Å². The Morgan fingerprint density at radius 3 is 2.75 bits per heavy atom. The molecule has 68 valence electrons. The van der Waals surface area contributed by atoms with E-state index in [2.05, 4.69) is 25.9 Å². The van der Waals surface area contributed by atoms with Crippen LogP contribution in [0.2, 0.25) is 0 Å². The summed E-state index contributed by atoms with van der Waals surface area (Å²) in [7, 11) is 0. The van der Waals surface area contributed by atoms with Gasteiger partial charge in [-0.15, -0.1) is 0 Å². The van der Waals surface area contributed by atoms with Gasteiger partial charge in [0.15, 0.2) is 0 Å². The van der Waals surface area contributed by atoms with E-state index >= 15 is 0 Å². The van der Waals surface area contributed by atoms with E-state index in [1.54, 1.807) is 0 Å². The molecule has 0 aliphatic heterocycles. The lowest BCUT2D eigenvalue weighted by molar-refractivity contribution is 0.467. The fourth-order valence-corrected chi connectivity index (χ4v) is 1.28. The van der Waals surface area contributed by atoms with Crippen molar-refractivity contribution in [3.63, 3.8) is 0 Å². The molecule has 1 aromatic heterocycles. The van der Waals surface area contributed by atoms with Crippen LogP contribution in [0.15, 0.2) is 6.20 Å². The van der Waals surface area contributed by atoms with Crippen molar-refractivity contribution in [3.8, 4) is 0 Å². The Bertz CT molecular complexity index is 252. The van der Waals surface area contributed by atoms with Crippen molar-refractivity contribution in [2.45, 2.75) is 39.8 Å². The van der Waals surface area contributed by atoms with Crippen molar-refractivity contribution >= 4 is 0 Å². The first-order valence-corrected chi connectivity index (χ1v) is 4.43. The van der Waals surface area contributed by atoms with Crippen molar-refractivity contribution in [2.24, 2.45) is 5.73 Å². The second-order valence-corrected chi connectivity index (χ2v) is 3.16. The molecule has 0 aliphatic rings. The zero-order chi connectivity index (χ0) is 9.14. The smallest absolute Gasteiger partial charge is 0.0537 e. The molecule has 2 N–H and O–H groups in total. The highest BCUT2D eigenvalue weighted by molar-refractivity contribution is 5.15. The van der Waals surface area contributed by atoms with Gasteiger partial charge in [0.1, 0.15) is 0 Å². The Labute approximate surface area is 73.6 Å². The molecule has 3 nitrogen and oxygen atoms in total. The third kappa shape index (κ3) is 1.50. The van der Waals surface area contributed by atoms with Crippen LogP contribution in [0, 0.1) is 6.92 Å². The lowest BCUT2D eigenvalue weighted by atomic mass is 10.2. The Morgan fingerprint density at radius 2 is 2.33 bits per heavy atom. The molecular formula is C9H17N3. The zero-order valence-corrected chi connectivity index (χ0v) is 8.04. The minimum absolute atomic E-state index is 0.477. The van der Waals surface area contributed by atoms with Crippen molar-refractivity contribution in [1.82, 2.24) is 9.78 Å². The van der Waals surface area contributed by atoms with Gasteiger partial charge < -0.3 is 5.73 Å². The highest BCUT2D eigenvalue weighted by Gasteiger charge is 2.08. The number of hydrogen-bond donors (Lipinski definition) is 1. The molecule has 1 atom stereocenters. The quantitative estimate of drug-likeness (QED) is 0.743. The molecule has 1 aromatic rings. The van der Waals surface area contributed by atoms with Gasteiger partial charge in [-0.3, -0.25) is 4.68 Å². The number of rotatable bonds is 3. The average molecular weight is 167 g/mol. The summed E-state index contributed by atoms with van der Waals surface area (Å²) < 4.78 is 2.04. The monoisotopic (exact) mass is 167 g/mol. The summed E-state index contributed by atoms with van der Waals surface area (Å²) >= 11 is 0. The second kappa shape index (κ2) is 3.72. The van der Waals surface area contributed by atoms with Crippen LogP contribution in [-0.2, 0) is 6.54 Å². The fraction of sp³-hybridized carbons (Fsp3) is 0.667. The maximum absolute atomic E-state index is 5.55. The summed E-state index contributed by atoms with van der Waals surface area (Å²) in [6, 6.07) is 0.477. The van der Waals surface area contributed by atoms with Gasteiger partial charge in [-0.25, -0.2) is 0 Å². The van der Waals surface area contributed by atoms with E-state index in [1.807, 2.05) is 10.9 Å². The molecule has 1 heterocycles. The third-order valence-corrected chi connectivity index (χ3v) is 2.37. The van der Waals surface area contributed by atoms with Crippen molar-refractivity contribution in [1.29, 1.82) is 0 Å². The molecule has 0 saturated carbocycles. The molecule has 1 rings (SSSR count). The van der Waals surface area contributed by atoms with E-state index < -0.39 is 0 Å². The normalized spacial score (nSPS) is 13.3. The van der Waals surface area contributed by atoms with Crippen LogP contribution in [0.3, 0.4) is 0 Å². The summed E-state index contributed by atoms with van der Waals surface area (Å²) in [5, 5.41) is 4.29. The first-order chi connectivity index (χ1) is 5.70. The highest BCUT2D eigenvalue weighted by atomic mass is 15.3. The van der Waals surface area contributed by atoms with Gasteiger partial charge in [-0.2, -0.15) is 5.10 Å². The minimum atomic E-state index is 0.477. The molecule has 3 heteroatoms. The van der Waals surface area contributed by atoms with Crippen LogP contribution < -0.4 is 5.73 Å². The second-order valence-electron chi connectivity index (χ2n) is 3.16. The zero-order valence-electron chi connectivity index (χ0n) is 8.04. The van der Waals surface area contributed by atoms with E-state index in [9.17, 15) is 0 Å². The first-order valence-electron chi connectivity index (χ1n) is 4.43. The van der Waals surface area contributed by atoms with Crippen molar-refractivity contribution < 1.29 is 0 Å². The molecule has 12 heavy (non-hydrogen) atoms. The molecule has 0 radical (unpaired) electrons. The van der Waals surface area contributed by atoms with Gasteiger partial charge in [0.2, 0.25) is 0 Å². The summed E-state index contributed by atoms with van der Waals surface area (Å²) in [6.45, 7) is 6.98. The largest absolute Gasteiger partial charge is 0.326 e. The predicted octanol–water partition coefficient (Wildman–Crippen LogP) is 1.62. The van der Waals surface area contributed by atoms with Crippen molar-refractivity contribution in [3.05, 3.63) is 17.5 Å². The van der Waals surface area contributed by atoms with Crippen LogP contribution in [-0.4, -0.2) is 9.78 Å². The first kappa shape index (κ1) is 9.26. The molecule has 0 bridgehead atoms. The minimum Gasteiger partial charge on any atom is -0.326 e. The Hall–Kier alpha value is -0.830. The molecule has 0 aliphatic carbocycles. The third-order valence-electron chi connectivity index (χ3n) is 2.37. The van der Waals surface area contributed by atoms with Crippen LogP contribution in [0.25, 0.3) is 0 Å². The Balaban J connectivity index is 2.93. The summed E-state index contributed by atoms with van der Waals surface area (Å²) in [4.78, 5) is 0. The number of aromatic nitrogens is 2. The van der Waals surface area contributed by atoms with Gasteiger partial charge in [-0.05, 0) is 20.3 Å².